The number of aryl methyl sites for hydroxylation is 1. The minimum atomic E-state index is 1.21. The molecule has 0 bridgehead atoms. The Morgan fingerprint density at radius 2 is 1.03 bits per heavy atom. The molecule has 0 unspecified atom stereocenters. The van der Waals surface area contributed by atoms with Crippen molar-refractivity contribution in [1.29, 1.82) is 0 Å². The highest BCUT2D eigenvalue weighted by Gasteiger charge is 2.03. The molecule has 0 nitrogen and oxygen atoms in total. The molecule has 0 spiro atoms. The third-order valence-electron chi connectivity index (χ3n) is 6.79. The summed E-state index contributed by atoms with van der Waals surface area (Å²) in [5, 5.41) is 5.36. The zero-order valence-corrected chi connectivity index (χ0v) is 19.8. The van der Waals surface area contributed by atoms with Crippen molar-refractivity contribution in [3.8, 4) is 11.1 Å². The molecule has 0 fully saturated rings. The van der Waals surface area contributed by atoms with Gasteiger partial charge in [-0.1, -0.05) is 125 Å². The largest absolute Gasteiger partial charge is 0.0654 e. The lowest BCUT2D eigenvalue weighted by molar-refractivity contribution is 0.556. The number of benzene rings is 4. The van der Waals surface area contributed by atoms with Crippen LogP contribution < -0.4 is 0 Å². The van der Waals surface area contributed by atoms with Gasteiger partial charge in [-0.25, -0.2) is 0 Å². The molecule has 166 valence electrons. The van der Waals surface area contributed by atoms with Crippen molar-refractivity contribution in [2.75, 3.05) is 0 Å². The molecule has 4 rings (SSSR count). The number of hydrogen-bond acceptors (Lipinski definition) is 0. The van der Waals surface area contributed by atoms with Gasteiger partial charge >= 0.3 is 0 Å². The molecule has 0 aliphatic carbocycles. The van der Waals surface area contributed by atoms with Crippen LogP contribution in [0.1, 0.15) is 76.7 Å². The van der Waals surface area contributed by atoms with Crippen LogP contribution >= 0.6 is 0 Å². The second kappa shape index (κ2) is 11.9. The summed E-state index contributed by atoms with van der Waals surface area (Å²) in [6.45, 7) is 2.29. The maximum Gasteiger partial charge on any atom is -0.0171 e. The van der Waals surface area contributed by atoms with Gasteiger partial charge < -0.3 is 0 Å². The Balaban J connectivity index is 1.31. The Morgan fingerprint density at radius 3 is 1.72 bits per heavy atom. The standard InChI is InChI=1S/C32H38/c1-2-3-4-5-6-7-8-9-10-12-15-26-18-19-29-25-32-23-28(27-16-13-11-14-17-27)20-21-30(32)24-31(29)22-26/h11,13-14,16-25H,2-10,12,15H2,1H3. The van der Waals surface area contributed by atoms with Gasteiger partial charge in [0.25, 0.3) is 0 Å². The molecule has 0 heteroatoms. The van der Waals surface area contributed by atoms with Gasteiger partial charge in [0.1, 0.15) is 0 Å². The van der Waals surface area contributed by atoms with E-state index in [1.165, 1.54) is 109 Å². The van der Waals surface area contributed by atoms with E-state index in [1.54, 1.807) is 0 Å². The summed E-state index contributed by atoms with van der Waals surface area (Å²) in [6.07, 6.45) is 15.2. The minimum absolute atomic E-state index is 1.21. The highest BCUT2D eigenvalue weighted by molar-refractivity contribution is 5.99. The molecule has 32 heavy (non-hydrogen) atoms. The molecule has 0 saturated carbocycles. The van der Waals surface area contributed by atoms with Crippen molar-refractivity contribution in [3.05, 3.63) is 84.4 Å². The summed E-state index contributed by atoms with van der Waals surface area (Å²) in [4.78, 5) is 0. The van der Waals surface area contributed by atoms with Gasteiger partial charge in [0.05, 0.1) is 0 Å². The first-order valence-corrected chi connectivity index (χ1v) is 12.9. The first-order valence-electron chi connectivity index (χ1n) is 12.9. The van der Waals surface area contributed by atoms with Crippen molar-refractivity contribution in [2.45, 2.75) is 77.6 Å². The zero-order valence-electron chi connectivity index (χ0n) is 19.8. The van der Waals surface area contributed by atoms with E-state index in [2.05, 4.69) is 85.8 Å². The van der Waals surface area contributed by atoms with Gasteiger partial charge in [-0.3, -0.25) is 0 Å². The van der Waals surface area contributed by atoms with Crippen LogP contribution in [0.2, 0.25) is 0 Å². The van der Waals surface area contributed by atoms with Crippen LogP contribution in [0.4, 0.5) is 0 Å². The van der Waals surface area contributed by atoms with Gasteiger partial charge in [-0.15, -0.1) is 0 Å². The van der Waals surface area contributed by atoms with Crippen LogP contribution in [0.5, 0.6) is 0 Å². The average molecular weight is 423 g/mol. The molecule has 0 aliphatic heterocycles. The van der Waals surface area contributed by atoms with Crippen LogP contribution in [-0.4, -0.2) is 0 Å². The predicted octanol–water partition coefficient (Wildman–Crippen LogP) is 10.1. The monoisotopic (exact) mass is 422 g/mol. The van der Waals surface area contributed by atoms with Crippen LogP contribution in [0.3, 0.4) is 0 Å². The van der Waals surface area contributed by atoms with Crippen molar-refractivity contribution >= 4 is 21.5 Å². The summed E-state index contributed by atoms with van der Waals surface area (Å²) < 4.78 is 0. The van der Waals surface area contributed by atoms with Gasteiger partial charge in [0, 0.05) is 0 Å². The molecule has 4 aromatic rings. The summed E-state index contributed by atoms with van der Waals surface area (Å²) >= 11 is 0. The van der Waals surface area contributed by atoms with E-state index < -0.39 is 0 Å². The van der Waals surface area contributed by atoms with Gasteiger partial charge in [-0.2, -0.15) is 0 Å². The molecule has 0 radical (unpaired) electrons. The van der Waals surface area contributed by atoms with E-state index >= 15 is 0 Å². The van der Waals surface area contributed by atoms with E-state index in [0.29, 0.717) is 0 Å². The van der Waals surface area contributed by atoms with Crippen molar-refractivity contribution in [2.24, 2.45) is 0 Å². The van der Waals surface area contributed by atoms with E-state index in [4.69, 9.17) is 0 Å². The van der Waals surface area contributed by atoms with Crippen LogP contribution in [0, 0.1) is 0 Å². The topological polar surface area (TPSA) is 0 Å². The fourth-order valence-electron chi connectivity index (χ4n) is 4.83. The predicted molar refractivity (Wildman–Crippen MR) is 142 cm³/mol. The SMILES string of the molecule is CCCCCCCCCCCCc1ccc2cc3cc(-c4ccccc4)ccc3cc2c1. The number of rotatable bonds is 12. The Bertz CT molecular complexity index is 1110. The molecular formula is C32H38. The van der Waals surface area contributed by atoms with Crippen LogP contribution in [0.25, 0.3) is 32.7 Å². The lowest BCUT2D eigenvalue weighted by Gasteiger charge is -2.08. The van der Waals surface area contributed by atoms with Crippen LogP contribution in [-0.2, 0) is 6.42 Å². The second-order valence-electron chi connectivity index (χ2n) is 9.39. The maximum absolute atomic E-state index is 2.41. The fraction of sp³-hybridized carbons (Fsp3) is 0.375. The van der Waals surface area contributed by atoms with E-state index in [-0.39, 0.29) is 0 Å². The summed E-state index contributed by atoms with van der Waals surface area (Å²) in [5.41, 5.74) is 4.05. The lowest BCUT2D eigenvalue weighted by Crippen LogP contribution is -1.88. The van der Waals surface area contributed by atoms with E-state index in [0.717, 1.165) is 0 Å². The molecule has 0 aromatic heterocycles. The van der Waals surface area contributed by atoms with Crippen molar-refractivity contribution in [3.63, 3.8) is 0 Å². The second-order valence-corrected chi connectivity index (χ2v) is 9.39. The Hall–Kier alpha value is -2.60. The smallest absolute Gasteiger partial charge is 0.0171 e. The normalized spacial score (nSPS) is 11.4. The lowest BCUT2D eigenvalue weighted by atomic mass is 9.96. The molecule has 0 saturated heterocycles. The summed E-state index contributed by atoms with van der Waals surface area (Å²) in [7, 11) is 0. The minimum Gasteiger partial charge on any atom is -0.0654 e. The first-order chi connectivity index (χ1) is 15.8. The first kappa shape index (κ1) is 22.6. The highest BCUT2D eigenvalue weighted by Crippen LogP contribution is 2.29. The molecule has 4 aromatic carbocycles. The molecule has 0 atom stereocenters. The van der Waals surface area contributed by atoms with Crippen LogP contribution in [0.15, 0.2) is 78.9 Å². The van der Waals surface area contributed by atoms with Gasteiger partial charge in [0.2, 0.25) is 0 Å². The van der Waals surface area contributed by atoms with E-state index in [9.17, 15) is 0 Å². The molecule has 0 N–H and O–H groups in total. The van der Waals surface area contributed by atoms with Crippen molar-refractivity contribution < 1.29 is 0 Å². The van der Waals surface area contributed by atoms with Crippen molar-refractivity contribution in [1.82, 2.24) is 0 Å². The molecular weight excluding hydrogens is 384 g/mol. The third-order valence-corrected chi connectivity index (χ3v) is 6.79. The highest BCUT2D eigenvalue weighted by atomic mass is 14.1. The average Bonchev–Trinajstić information content (AvgIpc) is 2.84. The molecule has 0 aliphatic rings. The van der Waals surface area contributed by atoms with Gasteiger partial charge in [0.15, 0.2) is 0 Å². The fourth-order valence-corrected chi connectivity index (χ4v) is 4.83. The Kier molecular flexibility index (Phi) is 8.37. The maximum atomic E-state index is 2.41. The number of unbranched alkanes of at least 4 members (excludes halogenated alkanes) is 9. The Morgan fingerprint density at radius 1 is 0.438 bits per heavy atom. The third kappa shape index (κ3) is 6.22. The zero-order chi connectivity index (χ0) is 22.0. The molecule has 0 heterocycles. The number of hydrogen-bond donors (Lipinski definition) is 0. The quantitative estimate of drug-likeness (QED) is 0.157. The summed E-state index contributed by atoms with van der Waals surface area (Å²) in [5.74, 6) is 0. The summed E-state index contributed by atoms with van der Waals surface area (Å²) in [6, 6.07) is 29.3. The molecule has 0 amide bonds. The Labute approximate surface area is 194 Å². The number of fused-ring (bicyclic) bond motifs is 2. The van der Waals surface area contributed by atoms with Gasteiger partial charge in [-0.05, 0) is 69.3 Å². The van der Waals surface area contributed by atoms with E-state index in [1.807, 2.05) is 0 Å².